The third-order valence-corrected chi connectivity index (χ3v) is 4.66. The zero-order chi connectivity index (χ0) is 21.3. The zero-order valence-corrected chi connectivity index (χ0v) is 16.7. The molecule has 0 radical (unpaired) electrons. The first-order chi connectivity index (χ1) is 14.6. The summed E-state index contributed by atoms with van der Waals surface area (Å²) in [7, 11) is 0. The van der Waals surface area contributed by atoms with E-state index in [1.54, 1.807) is 11.8 Å². The molecule has 0 saturated heterocycles. The number of hydrogen-bond acceptors (Lipinski definition) is 4. The molecule has 1 atom stereocenters. The summed E-state index contributed by atoms with van der Waals surface area (Å²) in [6, 6.07) is 25.4. The molecule has 3 aromatic rings. The average Bonchev–Trinajstić information content (AvgIpc) is 2.79. The van der Waals surface area contributed by atoms with Crippen molar-refractivity contribution in [3.63, 3.8) is 0 Å². The minimum absolute atomic E-state index is 0.277. The summed E-state index contributed by atoms with van der Waals surface area (Å²) >= 11 is 0. The van der Waals surface area contributed by atoms with Crippen LogP contribution in [-0.2, 0) is 22.6 Å². The standard InChI is InChI=1S/C25H23NO4/c1-19(30-25(29)23-14-12-22(18-27)13-15-23)24(28)26(16-20-8-4-2-5-9-20)17-21-10-6-3-7-11-21/h2-15,18-19H,16-17H2,1H3. The van der Waals surface area contributed by atoms with Crippen molar-refractivity contribution in [3.05, 3.63) is 107 Å². The van der Waals surface area contributed by atoms with E-state index in [0.29, 0.717) is 24.9 Å². The van der Waals surface area contributed by atoms with Gasteiger partial charge in [-0.15, -0.1) is 0 Å². The van der Waals surface area contributed by atoms with Crippen molar-refractivity contribution >= 4 is 18.2 Å². The summed E-state index contributed by atoms with van der Waals surface area (Å²) in [5.74, 6) is -0.881. The van der Waals surface area contributed by atoms with Gasteiger partial charge in [0.2, 0.25) is 0 Å². The van der Waals surface area contributed by atoms with Crippen LogP contribution in [0.1, 0.15) is 38.8 Å². The van der Waals surface area contributed by atoms with E-state index in [1.807, 2.05) is 60.7 Å². The lowest BCUT2D eigenvalue weighted by Crippen LogP contribution is -2.39. The second-order valence-corrected chi connectivity index (χ2v) is 6.95. The quantitative estimate of drug-likeness (QED) is 0.418. The third-order valence-electron chi connectivity index (χ3n) is 4.66. The summed E-state index contributed by atoms with van der Waals surface area (Å²) in [4.78, 5) is 38.0. The average molecular weight is 401 g/mol. The Labute approximate surface area is 175 Å². The molecule has 30 heavy (non-hydrogen) atoms. The highest BCUT2D eigenvalue weighted by atomic mass is 16.5. The molecule has 0 spiro atoms. The molecule has 0 fully saturated rings. The van der Waals surface area contributed by atoms with Gasteiger partial charge in [-0.05, 0) is 30.2 Å². The van der Waals surface area contributed by atoms with Crippen molar-refractivity contribution < 1.29 is 19.1 Å². The lowest BCUT2D eigenvalue weighted by atomic mass is 10.1. The maximum atomic E-state index is 13.1. The molecule has 5 heteroatoms. The van der Waals surface area contributed by atoms with Gasteiger partial charge in [0.05, 0.1) is 5.56 Å². The predicted molar refractivity (Wildman–Crippen MR) is 114 cm³/mol. The summed E-state index contributed by atoms with van der Waals surface area (Å²) < 4.78 is 5.41. The van der Waals surface area contributed by atoms with Crippen LogP contribution in [0.2, 0.25) is 0 Å². The predicted octanol–water partition coefficient (Wildman–Crippen LogP) is 4.27. The van der Waals surface area contributed by atoms with E-state index in [9.17, 15) is 14.4 Å². The molecule has 3 rings (SSSR count). The smallest absolute Gasteiger partial charge is 0.338 e. The molecule has 152 valence electrons. The van der Waals surface area contributed by atoms with E-state index < -0.39 is 12.1 Å². The number of hydrogen-bond donors (Lipinski definition) is 0. The van der Waals surface area contributed by atoms with Gasteiger partial charge in [0.1, 0.15) is 6.29 Å². The molecule has 0 heterocycles. The van der Waals surface area contributed by atoms with Crippen LogP contribution in [0, 0.1) is 0 Å². The van der Waals surface area contributed by atoms with Crippen LogP contribution in [0.3, 0.4) is 0 Å². The first-order valence-corrected chi connectivity index (χ1v) is 9.69. The monoisotopic (exact) mass is 401 g/mol. The second-order valence-electron chi connectivity index (χ2n) is 6.95. The number of carbonyl (C=O) groups excluding carboxylic acids is 3. The van der Waals surface area contributed by atoms with Crippen molar-refractivity contribution in [3.8, 4) is 0 Å². The summed E-state index contributed by atoms with van der Waals surface area (Å²) in [6.45, 7) is 2.39. The van der Waals surface area contributed by atoms with Crippen molar-refractivity contribution in [2.75, 3.05) is 0 Å². The van der Waals surface area contributed by atoms with Crippen LogP contribution in [0.5, 0.6) is 0 Å². The van der Waals surface area contributed by atoms with Gasteiger partial charge in [-0.3, -0.25) is 9.59 Å². The third kappa shape index (κ3) is 5.64. The molecule has 0 bridgehead atoms. The van der Waals surface area contributed by atoms with E-state index in [-0.39, 0.29) is 11.5 Å². The maximum absolute atomic E-state index is 13.1. The summed E-state index contributed by atoms with van der Waals surface area (Å²) in [5.41, 5.74) is 2.74. The van der Waals surface area contributed by atoms with E-state index >= 15 is 0 Å². The van der Waals surface area contributed by atoms with Gasteiger partial charge in [-0.2, -0.15) is 0 Å². The van der Waals surface area contributed by atoms with Crippen LogP contribution in [0.15, 0.2) is 84.9 Å². The highest BCUT2D eigenvalue weighted by Crippen LogP contribution is 2.14. The molecular weight excluding hydrogens is 378 g/mol. The molecule has 0 aliphatic rings. The van der Waals surface area contributed by atoms with Gasteiger partial charge in [-0.1, -0.05) is 72.8 Å². The Morgan fingerprint density at radius 1 is 0.833 bits per heavy atom. The number of carbonyl (C=O) groups is 3. The minimum Gasteiger partial charge on any atom is -0.449 e. The Balaban J connectivity index is 1.73. The van der Waals surface area contributed by atoms with E-state index in [0.717, 1.165) is 11.1 Å². The van der Waals surface area contributed by atoms with Gasteiger partial charge in [0.25, 0.3) is 5.91 Å². The number of nitrogens with zero attached hydrogens (tertiary/aromatic N) is 1. The Hall–Kier alpha value is -3.73. The fourth-order valence-electron chi connectivity index (χ4n) is 3.05. The van der Waals surface area contributed by atoms with Crippen LogP contribution in [0.4, 0.5) is 0 Å². The molecule has 0 saturated carbocycles. The lowest BCUT2D eigenvalue weighted by molar-refractivity contribution is -0.141. The molecular formula is C25H23NO4. The number of ether oxygens (including phenoxy) is 1. The van der Waals surface area contributed by atoms with E-state index in [2.05, 4.69) is 0 Å². The SMILES string of the molecule is CC(OC(=O)c1ccc(C=O)cc1)C(=O)N(Cc1ccccc1)Cc1ccccc1. The Kier molecular flexibility index (Phi) is 7.11. The summed E-state index contributed by atoms with van der Waals surface area (Å²) in [5, 5.41) is 0. The summed E-state index contributed by atoms with van der Waals surface area (Å²) in [6.07, 6.45) is -0.248. The molecule has 1 unspecified atom stereocenters. The Morgan fingerprint density at radius 2 is 1.33 bits per heavy atom. The largest absolute Gasteiger partial charge is 0.449 e. The molecule has 0 aromatic heterocycles. The molecule has 0 aliphatic carbocycles. The van der Waals surface area contributed by atoms with Crippen molar-refractivity contribution in [1.29, 1.82) is 0 Å². The van der Waals surface area contributed by atoms with Crippen molar-refractivity contribution in [1.82, 2.24) is 4.90 Å². The van der Waals surface area contributed by atoms with Gasteiger partial charge in [0, 0.05) is 18.7 Å². The van der Waals surface area contributed by atoms with E-state index in [1.165, 1.54) is 24.3 Å². The van der Waals surface area contributed by atoms with Gasteiger partial charge in [0.15, 0.2) is 6.10 Å². The Bertz CT molecular complexity index is 943. The first-order valence-electron chi connectivity index (χ1n) is 9.69. The van der Waals surface area contributed by atoms with Crippen LogP contribution < -0.4 is 0 Å². The molecule has 3 aromatic carbocycles. The fourth-order valence-corrected chi connectivity index (χ4v) is 3.05. The zero-order valence-electron chi connectivity index (χ0n) is 16.7. The molecule has 0 aliphatic heterocycles. The topological polar surface area (TPSA) is 63.7 Å². The number of esters is 1. The first kappa shape index (κ1) is 21.0. The van der Waals surface area contributed by atoms with Crippen LogP contribution in [0.25, 0.3) is 0 Å². The van der Waals surface area contributed by atoms with Gasteiger partial charge in [-0.25, -0.2) is 4.79 Å². The molecule has 0 N–H and O–H groups in total. The second kappa shape index (κ2) is 10.2. The highest BCUT2D eigenvalue weighted by molar-refractivity contribution is 5.92. The molecule has 5 nitrogen and oxygen atoms in total. The Morgan fingerprint density at radius 3 is 1.80 bits per heavy atom. The number of aldehydes is 1. The highest BCUT2D eigenvalue weighted by Gasteiger charge is 2.25. The molecule has 1 amide bonds. The van der Waals surface area contributed by atoms with Gasteiger partial charge >= 0.3 is 5.97 Å². The normalized spacial score (nSPS) is 11.4. The van der Waals surface area contributed by atoms with Crippen LogP contribution in [-0.4, -0.2) is 29.2 Å². The van der Waals surface area contributed by atoms with Gasteiger partial charge < -0.3 is 9.64 Å². The number of benzene rings is 3. The van der Waals surface area contributed by atoms with E-state index in [4.69, 9.17) is 4.74 Å². The van der Waals surface area contributed by atoms with Crippen molar-refractivity contribution in [2.45, 2.75) is 26.1 Å². The number of rotatable bonds is 8. The van der Waals surface area contributed by atoms with Crippen molar-refractivity contribution in [2.24, 2.45) is 0 Å². The minimum atomic E-state index is -0.948. The number of amides is 1. The maximum Gasteiger partial charge on any atom is 0.338 e. The van der Waals surface area contributed by atoms with Crippen LogP contribution >= 0.6 is 0 Å². The fraction of sp³-hybridized carbons (Fsp3) is 0.160. The lowest BCUT2D eigenvalue weighted by Gasteiger charge is -2.26.